The predicted octanol–water partition coefficient (Wildman–Crippen LogP) is 2.70. The third kappa shape index (κ3) is 4.17. The summed E-state index contributed by atoms with van der Waals surface area (Å²) in [5.41, 5.74) is 0. The van der Waals surface area contributed by atoms with E-state index in [1.807, 2.05) is 0 Å². The second-order valence-electron chi connectivity index (χ2n) is 5.15. The largest absolute Gasteiger partial charge is 0.481 e. The molecule has 1 aliphatic heterocycles. The number of nitrogens with zero attached hydrogens (tertiary/aromatic N) is 1. The lowest BCUT2D eigenvalue weighted by molar-refractivity contribution is -0.137. The number of halogens is 1. The highest BCUT2D eigenvalue weighted by Crippen LogP contribution is 2.28. The molecule has 1 N–H and O–H groups in total. The number of carbonyl (C=O) groups is 1. The summed E-state index contributed by atoms with van der Waals surface area (Å²) in [6.45, 7) is 0.471. The third-order valence-electron chi connectivity index (χ3n) is 3.68. The zero-order valence-electron chi connectivity index (χ0n) is 11.5. The van der Waals surface area contributed by atoms with E-state index in [1.165, 1.54) is 4.31 Å². The maximum atomic E-state index is 12.7. The van der Waals surface area contributed by atoms with Crippen molar-refractivity contribution in [2.24, 2.45) is 0 Å². The van der Waals surface area contributed by atoms with E-state index in [2.05, 4.69) is 22.6 Å². The summed E-state index contributed by atoms with van der Waals surface area (Å²) in [6, 6.07) is 6.55. The number of rotatable bonds is 5. The monoisotopic (exact) mass is 423 g/mol. The van der Waals surface area contributed by atoms with Gasteiger partial charge in [0, 0.05) is 22.6 Å². The van der Waals surface area contributed by atoms with E-state index in [0.29, 0.717) is 13.0 Å². The van der Waals surface area contributed by atoms with Gasteiger partial charge in [-0.25, -0.2) is 8.42 Å². The quantitative estimate of drug-likeness (QED) is 0.740. The van der Waals surface area contributed by atoms with E-state index in [0.717, 1.165) is 22.8 Å². The second kappa shape index (κ2) is 7.06. The minimum absolute atomic E-state index is 0.00335. The maximum Gasteiger partial charge on any atom is 0.303 e. The SMILES string of the molecule is O=C(O)CCC1CCCCN1S(=O)(=O)c1ccc(I)cc1. The van der Waals surface area contributed by atoms with Crippen LogP contribution < -0.4 is 0 Å². The molecule has 1 atom stereocenters. The zero-order chi connectivity index (χ0) is 15.5. The Kier molecular flexibility index (Phi) is 5.61. The number of hydrogen-bond donors (Lipinski definition) is 1. The van der Waals surface area contributed by atoms with Crippen LogP contribution in [0.15, 0.2) is 29.2 Å². The standard InChI is InChI=1S/C14H18INO4S/c15-11-4-7-13(8-5-11)21(19,20)16-10-2-1-3-12(16)6-9-14(17)18/h4-5,7-8,12H,1-3,6,9-10H2,(H,17,18). The fraction of sp³-hybridized carbons (Fsp3) is 0.500. The van der Waals surface area contributed by atoms with E-state index < -0.39 is 16.0 Å². The van der Waals surface area contributed by atoms with Gasteiger partial charge >= 0.3 is 5.97 Å². The molecular weight excluding hydrogens is 405 g/mol. The first-order chi connectivity index (χ1) is 9.91. The van der Waals surface area contributed by atoms with Gasteiger partial charge in [0.25, 0.3) is 0 Å². The fourth-order valence-corrected chi connectivity index (χ4v) is 4.69. The van der Waals surface area contributed by atoms with Crippen LogP contribution in [0.5, 0.6) is 0 Å². The van der Waals surface area contributed by atoms with Crippen LogP contribution in [-0.2, 0) is 14.8 Å². The smallest absolute Gasteiger partial charge is 0.303 e. The van der Waals surface area contributed by atoms with Gasteiger partial charge in [-0.05, 0) is 66.1 Å². The molecule has 5 nitrogen and oxygen atoms in total. The molecule has 2 rings (SSSR count). The minimum atomic E-state index is -3.54. The lowest BCUT2D eigenvalue weighted by Gasteiger charge is -2.34. The molecule has 116 valence electrons. The van der Waals surface area contributed by atoms with Crippen molar-refractivity contribution in [2.75, 3.05) is 6.54 Å². The Morgan fingerprint density at radius 2 is 1.95 bits per heavy atom. The Hall–Kier alpha value is -0.670. The Labute approximate surface area is 138 Å². The summed E-state index contributed by atoms with van der Waals surface area (Å²) in [5, 5.41) is 8.81. The molecule has 0 aromatic heterocycles. The summed E-state index contributed by atoms with van der Waals surface area (Å²) in [4.78, 5) is 11.0. The Bertz CT molecular complexity index is 600. The van der Waals surface area contributed by atoms with Gasteiger partial charge in [0.05, 0.1) is 4.90 Å². The van der Waals surface area contributed by atoms with E-state index in [-0.39, 0.29) is 17.4 Å². The predicted molar refractivity (Wildman–Crippen MR) is 87.6 cm³/mol. The summed E-state index contributed by atoms with van der Waals surface area (Å²) in [7, 11) is -3.54. The van der Waals surface area contributed by atoms with Crippen LogP contribution in [0.1, 0.15) is 32.1 Å². The van der Waals surface area contributed by atoms with Gasteiger partial charge in [-0.1, -0.05) is 6.42 Å². The number of piperidine rings is 1. The van der Waals surface area contributed by atoms with E-state index in [4.69, 9.17) is 5.11 Å². The van der Waals surface area contributed by atoms with Gasteiger partial charge in [0.2, 0.25) is 10.0 Å². The van der Waals surface area contributed by atoms with Crippen LogP contribution in [0, 0.1) is 3.57 Å². The Morgan fingerprint density at radius 1 is 1.29 bits per heavy atom. The fourth-order valence-electron chi connectivity index (χ4n) is 2.61. The first-order valence-electron chi connectivity index (χ1n) is 6.90. The lowest BCUT2D eigenvalue weighted by Crippen LogP contribution is -2.43. The van der Waals surface area contributed by atoms with Crippen molar-refractivity contribution >= 4 is 38.6 Å². The first-order valence-corrected chi connectivity index (χ1v) is 9.42. The number of hydrogen-bond acceptors (Lipinski definition) is 3. The number of aliphatic carboxylic acids is 1. The Morgan fingerprint density at radius 3 is 2.57 bits per heavy atom. The van der Waals surface area contributed by atoms with Crippen molar-refractivity contribution in [2.45, 2.75) is 43.0 Å². The second-order valence-corrected chi connectivity index (χ2v) is 8.29. The molecule has 1 fully saturated rings. The molecule has 1 aromatic carbocycles. The van der Waals surface area contributed by atoms with E-state index in [1.54, 1.807) is 24.3 Å². The van der Waals surface area contributed by atoms with Gasteiger partial charge in [-0.3, -0.25) is 4.79 Å². The average Bonchev–Trinajstić information content (AvgIpc) is 2.46. The molecular formula is C14H18INO4S. The molecule has 1 saturated heterocycles. The molecule has 0 saturated carbocycles. The van der Waals surface area contributed by atoms with Gasteiger partial charge in [0.15, 0.2) is 0 Å². The lowest BCUT2D eigenvalue weighted by atomic mass is 10.0. The zero-order valence-corrected chi connectivity index (χ0v) is 14.5. The van der Waals surface area contributed by atoms with Crippen LogP contribution in [0.3, 0.4) is 0 Å². The molecule has 0 bridgehead atoms. The van der Waals surface area contributed by atoms with Crippen molar-refractivity contribution in [1.82, 2.24) is 4.31 Å². The van der Waals surface area contributed by atoms with Crippen LogP contribution in [0.25, 0.3) is 0 Å². The average molecular weight is 423 g/mol. The number of benzene rings is 1. The molecule has 1 heterocycles. The number of sulfonamides is 1. The van der Waals surface area contributed by atoms with Gasteiger partial charge in [-0.15, -0.1) is 0 Å². The highest BCUT2D eigenvalue weighted by Gasteiger charge is 2.33. The Balaban J connectivity index is 2.22. The van der Waals surface area contributed by atoms with Crippen LogP contribution >= 0.6 is 22.6 Å². The van der Waals surface area contributed by atoms with Crippen LogP contribution in [0.4, 0.5) is 0 Å². The number of carboxylic acid groups (broad SMARTS) is 1. The molecule has 1 aromatic rings. The van der Waals surface area contributed by atoms with Crippen molar-refractivity contribution in [3.05, 3.63) is 27.8 Å². The van der Waals surface area contributed by atoms with Crippen LogP contribution in [0.2, 0.25) is 0 Å². The van der Waals surface area contributed by atoms with Gasteiger partial charge < -0.3 is 5.11 Å². The van der Waals surface area contributed by atoms with Crippen molar-refractivity contribution in [3.8, 4) is 0 Å². The summed E-state index contributed by atoms with van der Waals surface area (Å²) in [6.07, 6.45) is 2.88. The van der Waals surface area contributed by atoms with Gasteiger partial charge in [-0.2, -0.15) is 4.31 Å². The third-order valence-corrected chi connectivity index (χ3v) is 6.37. The molecule has 21 heavy (non-hydrogen) atoms. The minimum Gasteiger partial charge on any atom is -0.481 e. The van der Waals surface area contributed by atoms with Crippen LogP contribution in [-0.4, -0.2) is 36.4 Å². The van der Waals surface area contributed by atoms with Crippen molar-refractivity contribution in [3.63, 3.8) is 0 Å². The summed E-state index contributed by atoms with van der Waals surface area (Å²) >= 11 is 2.13. The molecule has 0 amide bonds. The van der Waals surface area contributed by atoms with E-state index in [9.17, 15) is 13.2 Å². The number of carboxylic acids is 1. The summed E-state index contributed by atoms with van der Waals surface area (Å²) < 4.78 is 27.9. The summed E-state index contributed by atoms with van der Waals surface area (Å²) in [5.74, 6) is -0.882. The molecule has 0 spiro atoms. The molecule has 1 unspecified atom stereocenters. The van der Waals surface area contributed by atoms with Crippen molar-refractivity contribution < 1.29 is 18.3 Å². The molecule has 0 aliphatic carbocycles. The topological polar surface area (TPSA) is 74.7 Å². The van der Waals surface area contributed by atoms with E-state index >= 15 is 0 Å². The normalized spacial score (nSPS) is 20.3. The highest BCUT2D eigenvalue weighted by molar-refractivity contribution is 14.1. The highest BCUT2D eigenvalue weighted by atomic mass is 127. The van der Waals surface area contributed by atoms with Crippen molar-refractivity contribution in [1.29, 1.82) is 0 Å². The first kappa shape index (κ1) is 16.7. The molecule has 0 radical (unpaired) electrons. The maximum absolute atomic E-state index is 12.7. The molecule has 7 heteroatoms. The van der Waals surface area contributed by atoms with Gasteiger partial charge in [0.1, 0.15) is 0 Å². The molecule has 1 aliphatic rings.